The van der Waals surface area contributed by atoms with Crippen molar-refractivity contribution in [3.05, 3.63) is 17.0 Å². The molecular weight excluding hydrogens is 394 g/mol. The molecule has 2 aliphatic rings. The lowest BCUT2D eigenvalue weighted by Gasteiger charge is -2.25. The average Bonchev–Trinajstić information content (AvgIpc) is 3.25. The van der Waals surface area contributed by atoms with E-state index in [1.54, 1.807) is 10.4 Å². The number of halogens is 1. The first-order chi connectivity index (χ1) is 12.0. The highest BCUT2D eigenvalue weighted by Crippen LogP contribution is 2.27. The van der Waals surface area contributed by atoms with E-state index < -0.39 is 10.0 Å². The molecule has 148 valence electrons. The monoisotopic (exact) mass is 421 g/mol. The summed E-state index contributed by atoms with van der Waals surface area (Å²) in [5.74, 6) is 0.110. The minimum absolute atomic E-state index is 0. The number of carbonyl (C=O) groups excluding carboxylic acids is 1. The molecule has 0 spiro atoms. The van der Waals surface area contributed by atoms with Crippen LogP contribution in [0.4, 0.5) is 0 Å². The summed E-state index contributed by atoms with van der Waals surface area (Å²) in [5.41, 5.74) is 5.85. The minimum Gasteiger partial charge on any atom is -0.356 e. The molecule has 1 saturated carbocycles. The van der Waals surface area contributed by atoms with Gasteiger partial charge in [0.1, 0.15) is 4.21 Å². The largest absolute Gasteiger partial charge is 0.356 e. The van der Waals surface area contributed by atoms with Crippen molar-refractivity contribution in [1.82, 2.24) is 9.62 Å². The second kappa shape index (κ2) is 9.50. The molecule has 0 aromatic carbocycles. The standard InChI is InChI=1S/C17H27N3O3S2.ClH/c18-14-5-4-13(12-14)17(21)19-9-8-15-6-7-16(24-15)25(22,23)20-10-2-1-3-11-20;/h6-7,13-14H,1-5,8-12,18H2,(H,19,21);1H. The summed E-state index contributed by atoms with van der Waals surface area (Å²) in [6, 6.07) is 3.71. The molecule has 0 bridgehead atoms. The Hall–Kier alpha value is -0.670. The molecule has 1 aliphatic heterocycles. The van der Waals surface area contributed by atoms with Crippen molar-refractivity contribution >= 4 is 39.7 Å². The van der Waals surface area contributed by atoms with Crippen LogP contribution >= 0.6 is 23.7 Å². The van der Waals surface area contributed by atoms with Crippen LogP contribution in [-0.4, -0.2) is 44.3 Å². The molecule has 1 aromatic rings. The highest BCUT2D eigenvalue weighted by molar-refractivity contribution is 7.91. The molecule has 2 unspecified atom stereocenters. The lowest BCUT2D eigenvalue weighted by Crippen LogP contribution is -2.35. The Balaban J connectivity index is 0.00000243. The van der Waals surface area contributed by atoms with E-state index in [-0.39, 0.29) is 30.3 Å². The fourth-order valence-corrected chi connectivity index (χ4v) is 6.60. The van der Waals surface area contributed by atoms with Crippen molar-refractivity contribution in [3.63, 3.8) is 0 Å². The molecule has 3 rings (SSSR count). The molecule has 1 aliphatic carbocycles. The first kappa shape index (κ1) is 21.6. The summed E-state index contributed by atoms with van der Waals surface area (Å²) in [5, 5.41) is 2.96. The molecule has 0 radical (unpaired) electrons. The normalized spacial score (nSPS) is 24.2. The number of thiophene rings is 1. The van der Waals surface area contributed by atoms with E-state index in [0.29, 0.717) is 30.3 Å². The van der Waals surface area contributed by atoms with E-state index in [4.69, 9.17) is 5.73 Å². The SMILES string of the molecule is Cl.NC1CCC(C(=O)NCCc2ccc(S(=O)(=O)N3CCCCC3)s2)C1. The molecule has 1 aromatic heterocycles. The smallest absolute Gasteiger partial charge is 0.252 e. The van der Waals surface area contributed by atoms with Gasteiger partial charge in [-0.15, -0.1) is 23.7 Å². The summed E-state index contributed by atoms with van der Waals surface area (Å²) >= 11 is 1.32. The molecular formula is C17H28ClN3O3S2. The maximum atomic E-state index is 12.6. The van der Waals surface area contributed by atoms with Gasteiger partial charge in [0.2, 0.25) is 5.91 Å². The van der Waals surface area contributed by atoms with Crippen LogP contribution < -0.4 is 11.1 Å². The molecule has 1 saturated heterocycles. The second-order valence-electron chi connectivity index (χ2n) is 7.00. The Morgan fingerprint density at radius 3 is 2.62 bits per heavy atom. The Kier molecular flexibility index (Phi) is 7.90. The topological polar surface area (TPSA) is 92.5 Å². The number of carbonyl (C=O) groups is 1. The number of rotatable bonds is 6. The molecule has 1 amide bonds. The van der Waals surface area contributed by atoms with Gasteiger partial charge in [-0.3, -0.25) is 4.79 Å². The number of hydrogen-bond donors (Lipinski definition) is 2. The molecule has 9 heteroatoms. The van der Waals surface area contributed by atoms with Crippen LogP contribution in [0.25, 0.3) is 0 Å². The van der Waals surface area contributed by atoms with Gasteiger partial charge in [-0.05, 0) is 50.7 Å². The second-order valence-corrected chi connectivity index (χ2v) is 10.3. The van der Waals surface area contributed by atoms with Gasteiger partial charge in [-0.2, -0.15) is 4.31 Å². The summed E-state index contributed by atoms with van der Waals surface area (Å²) in [4.78, 5) is 13.1. The van der Waals surface area contributed by atoms with Gasteiger partial charge >= 0.3 is 0 Å². The van der Waals surface area contributed by atoms with Gasteiger partial charge in [0.05, 0.1) is 0 Å². The van der Waals surface area contributed by atoms with Gasteiger partial charge in [0.25, 0.3) is 10.0 Å². The Bertz CT molecular complexity index is 702. The lowest BCUT2D eigenvalue weighted by atomic mass is 10.1. The third-order valence-electron chi connectivity index (χ3n) is 5.06. The van der Waals surface area contributed by atoms with Crippen LogP contribution in [0.5, 0.6) is 0 Å². The number of hydrogen-bond acceptors (Lipinski definition) is 5. The van der Waals surface area contributed by atoms with E-state index in [0.717, 1.165) is 43.4 Å². The van der Waals surface area contributed by atoms with Crippen molar-refractivity contribution in [2.75, 3.05) is 19.6 Å². The Morgan fingerprint density at radius 1 is 1.23 bits per heavy atom. The lowest BCUT2D eigenvalue weighted by molar-refractivity contribution is -0.124. The molecule has 2 heterocycles. The number of sulfonamides is 1. The van der Waals surface area contributed by atoms with E-state index in [2.05, 4.69) is 5.32 Å². The van der Waals surface area contributed by atoms with Crippen molar-refractivity contribution in [2.45, 2.75) is 55.2 Å². The molecule has 26 heavy (non-hydrogen) atoms. The number of nitrogens with zero attached hydrogens (tertiary/aromatic N) is 1. The minimum atomic E-state index is -3.35. The number of nitrogens with two attached hydrogens (primary N) is 1. The van der Waals surface area contributed by atoms with E-state index in [9.17, 15) is 13.2 Å². The molecule has 2 fully saturated rings. The van der Waals surface area contributed by atoms with Crippen LogP contribution in [0.2, 0.25) is 0 Å². The van der Waals surface area contributed by atoms with Gasteiger partial charge in [0, 0.05) is 36.5 Å². The van der Waals surface area contributed by atoms with Gasteiger partial charge in [0.15, 0.2) is 0 Å². The summed E-state index contributed by atoms with van der Waals surface area (Å²) < 4.78 is 27.3. The highest BCUT2D eigenvalue weighted by Gasteiger charge is 2.28. The number of nitrogens with one attached hydrogen (secondary N) is 1. The van der Waals surface area contributed by atoms with Gasteiger partial charge in [-0.25, -0.2) is 8.42 Å². The van der Waals surface area contributed by atoms with Crippen molar-refractivity contribution in [1.29, 1.82) is 0 Å². The zero-order valence-electron chi connectivity index (χ0n) is 14.9. The average molecular weight is 422 g/mol. The number of amides is 1. The maximum Gasteiger partial charge on any atom is 0.252 e. The first-order valence-corrected chi connectivity index (χ1v) is 11.3. The van der Waals surface area contributed by atoms with Crippen LogP contribution in [-0.2, 0) is 21.2 Å². The zero-order chi connectivity index (χ0) is 17.9. The Labute approximate surface area is 166 Å². The molecule has 6 nitrogen and oxygen atoms in total. The van der Waals surface area contributed by atoms with E-state index in [1.807, 2.05) is 6.07 Å². The van der Waals surface area contributed by atoms with Crippen LogP contribution in [0, 0.1) is 5.92 Å². The van der Waals surface area contributed by atoms with Gasteiger partial charge < -0.3 is 11.1 Å². The molecule has 2 atom stereocenters. The quantitative estimate of drug-likeness (QED) is 0.735. The maximum absolute atomic E-state index is 12.6. The summed E-state index contributed by atoms with van der Waals surface area (Å²) in [6.45, 7) is 1.78. The third-order valence-corrected chi connectivity index (χ3v) is 8.57. The van der Waals surface area contributed by atoms with Crippen molar-refractivity contribution < 1.29 is 13.2 Å². The van der Waals surface area contributed by atoms with Gasteiger partial charge in [-0.1, -0.05) is 6.42 Å². The summed E-state index contributed by atoms with van der Waals surface area (Å²) in [6.07, 6.45) is 6.19. The highest BCUT2D eigenvalue weighted by atomic mass is 35.5. The van der Waals surface area contributed by atoms with Crippen LogP contribution in [0.15, 0.2) is 16.3 Å². The third kappa shape index (κ3) is 5.19. The van der Waals surface area contributed by atoms with Crippen LogP contribution in [0.3, 0.4) is 0 Å². The molecule has 3 N–H and O–H groups in total. The zero-order valence-corrected chi connectivity index (χ0v) is 17.3. The predicted molar refractivity (Wildman–Crippen MR) is 106 cm³/mol. The van der Waals surface area contributed by atoms with Crippen LogP contribution in [0.1, 0.15) is 43.4 Å². The first-order valence-electron chi connectivity index (χ1n) is 9.09. The number of piperidine rings is 1. The predicted octanol–water partition coefficient (Wildman–Crippen LogP) is 2.13. The van der Waals surface area contributed by atoms with Crippen molar-refractivity contribution in [3.8, 4) is 0 Å². The fourth-order valence-electron chi connectivity index (χ4n) is 3.57. The fraction of sp³-hybridized carbons (Fsp3) is 0.706. The van der Waals surface area contributed by atoms with E-state index in [1.165, 1.54) is 11.3 Å². The Morgan fingerprint density at radius 2 is 1.96 bits per heavy atom. The summed E-state index contributed by atoms with van der Waals surface area (Å²) in [7, 11) is -3.35. The van der Waals surface area contributed by atoms with Crippen molar-refractivity contribution in [2.24, 2.45) is 11.7 Å². The van der Waals surface area contributed by atoms with E-state index >= 15 is 0 Å².